The smallest absolute Gasteiger partial charge is 0.419 e. The second-order valence-corrected chi connectivity index (χ2v) is 12.8. The first-order chi connectivity index (χ1) is 18.8. The Morgan fingerprint density at radius 1 is 0.805 bits per heavy atom. The molecule has 1 aromatic carbocycles. The molecule has 1 aliphatic heterocycles. The zero-order chi connectivity index (χ0) is 30.8. The van der Waals surface area contributed by atoms with Crippen LogP contribution in [0.15, 0.2) is 30.3 Å². The second-order valence-electron chi connectivity index (χ2n) is 12.8. The Morgan fingerprint density at radius 2 is 1.37 bits per heavy atom. The van der Waals surface area contributed by atoms with Gasteiger partial charge in [-0.05, 0) is 105 Å². The van der Waals surface area contributed by atoms with Crippen LogP contribution in [0.2, 0.25) is 0 Å². The van der Waals surface area contributed by atoms with E-state index in [1.165, 1.54) is 4.90 Å². The van der Waals surface area contributed by atoms with Gasteiger partial charge in [0.1, 0.15) is 16.8 Å². The van der Waals surface area contributed by atoms with Gasteiger partial charge < -0.3 is 24.8 Å². The molecule has 12 heteroatoms. The lowest BCUT2D eigenvalue weighted by Gasteiger charge is -2.31. The lowest BCUT2D eigenvalue weighted by atomic mass is 10.1. The molecular formula is C29H42N6O6. The quantitative estimate of drug-likeness (QED) is 0.353. The van der Waals surface area contributed by atoms with Gasteiger partial charge in [-0.1, -0.05) is 0 Å². The fourth-order valence-corrected chi connectivity index (χ4v) is 3.97. The second kappa shape index (κ2) is 11.8. The third kappa shape index (κ3) is 8.95. The highest BCUT2D eigenvalue weighted by Crippen LogP contribution is 2.34. The van der Waals surface area contributed by atoms with E-state index in [1.54, 1.807) is 74.4 Å². The van der Waals surface area contributed by atoms with Gasteiger partial charge in [0.2, 0.25) is 0 Å². The summed E-state index contributed by atoms with van der Waals surface area (Å²) >= 11 is 0. The van der Waals surface area contributed by atoms with Crippen molar-refractivity contribution >= 4 is 41.3 Å². The molecule has 1 aromatic heterocycles. The van der Waals surface area contributed by atoms with Crippen molar-refractivity contribution in [3.05, 3.63) is 35.9 Å². The molecule has 0 radical (unpaired) electrons. The number of hydrogen-bond donors (Lipinski definition) is 1. The van der Waals surface area contributed by atoms with Crippen LogP contribution in [0, 0.1) is 0 Å². The van der Waals surface area contributed by atoms with Gasteiger partial charge in [0.25, 0.3) is 0 Å². The van der Waals surface area contributed by atoms with Gasteiger partial charge in [-0.2, -0.15) is 0 Å². The number of nitrogen functional groups attached to an aromatic ring is 1. The molecule has 0 atom stereocenters. The summed E-state index contributed by atoms with van der Waals surface area (Å²) in [4.78, 5) is 43.3. The molecule has 2 N–H and O–H groups in total. The molecule has 41 heavy (non-hydrogen) atoms. The molecule has 0 saturated carbocycles. The van der Waals surface area contributed by atoms with Crippen LogP contribution in [-0.4, -0.2) is 69.8 Å². The number of rotatable bonds is 5. The van der Waals surface area contributed by atoms with E-state index in [0.29, 0.717) is 18.1 Å². The number of nitrogens with two attached hydrogens (primary N) is 1. The van der Waals surface area contributed by atoms with E-state index in [-0.39, 0.29) is 18.9 Å². The number of benzene rings is 1. The SMILES string of the molecule is CC(C)(C)OC(=O)N(CCN(C(=O)OC(C)(C)C)c1ccc(N2CCc3cc(N)ccc32)nn1)C(=O)OC(C)(C)C. The Hall–Kier alpha value is -4.09. The van der Waals surface area contributed by atoms with Crippen LogP contribution in [0.5, 0.6) is 0 Å². The van der Waals surface area contributed by atoms with Crippen molar-refractivity contribution < 1.29 is 28.6 Å². The number of anilines is 4. The molecule has 0 bridgehead atoms. The van der Waals surface area contributed by atoms with E-state index < -0.39 is 35.1 Å². The summed E-state index contributed by atoms with van der Waals surface area (Å²) < 4.78 is 16.5. The van der Waals surface area contributed by atoms with Crippen molar-refractivity contribution in [1.82, 2.24) is 15.1 Å². The third-order valence-electron chi connectivity index (χ3n) is 5.58. The average Bonchev–Trinajstić information content (AvgIpc) is 3.21. The van der Waals surface area contributed by atoms with E-state index in [4.69, 9.17) is 19.9 Å². The Kier molecular flexibility index (Phi) is 9.04. The van der Waals surface area contributed by atoms with E-state index in [0.717, 1.165) is 22.6 Å². The largest absolute Gasteiger partial charge is 0.443 e. The highest BCUT2D eigenvalue weighted by Gasteiger charge is 2.33. The van der Waals surface area contributed by atoms with Crippen LogP contribution in [0.3, 0.4) is 0 Å². The number of ether oxygens (including phenoxy) is 3. The van der Waals surface area contributed by atoms with Gasteiger partial charge in [-0.15, -0.1) is 10.2 Å². The summed E-state index contributed by atoms with van der Waals surface area (Å²) in [5, 5.41) is 8.68. The van der Waals surface area contributed by atoms with E-state index in [9.17, 15) is 14.4 Å². The van der Waals surface area contributed by atoms with Crippen molar-refractivity contribution in [1.29, 1.82) is 0 Å². The molecule has 1 aliphatic rings. The van der Waals surface area contributed by atoms with Crippen LogP contribution in [0.25, 0.3) is 0 Å². The molecule has 2 aromatic rings. The molecule has 2 heterocycles. The maximum absolute atomic E-state index is 13.3. The first-order valence-corrected chi connectivity index (χ1v) is 13.6. The van der Waals surface area contributed by atoms with Gasteiger partial charge >= 0.3 is 18.3 Å². The molecule has 12 nitrogen and oxygen atoms in total. The number of nitrogens with zero attached hydrogens (tertiary/aromatic N) is 5. The van der Waals surface area contributed by atoms with Gasteiger partial charge in [0, 0.05) is 24.5 Å². The molecule has 0 unspecified atom stereocenters. The molecular weight excluding hydrogens is 528 g/mol. The topological polar surface area (TPSA) is 140 Å². The number of amides is 3. The Bertz CT molecular complexity index is 1230. The van der Waals surface area contributed by atoms with Gasteiger partial charge in [-0.25, -0.2) is 19.3 Å². The number of hydrogen-bond acceptors (Lipinski definition) is 10. The summed E-state index contributed by atoms with van der Waals surface area (Å²) in [7, 11) is 0. The molecule has 0 spiro atoms. The van der Waals surface area contributed by atoms with Gasteiger partial charge in [-0.3, -0.25) is 4.90 Å². The molecule has 224 valence electrons. The number of fused-ring (bicyclic) bond motifs is 1. The lowest BCUT2D eigenvalue weighted by Crippen LogP contribution is -2.48. The third-order valence-corrected chi connectivity index (χ3v) is 5.58. The van der Waals surface area contributed by atoms with E-state index >= 15 is 0 Å². The van der Waals surface area contributed by atoms with Crippen molar-refractivity contribution in [2.45, 2.75) is 85.5 Å². The lowest BCUT2D eigenvalue weighted by molar-refractivity contribution is 0.00153. The Morgan fingerprint density at radius 3 is 1.88 bits per heavy atom. The van der Waals surface area contributed by atoms with Crippen LogP contribution in [0.4, 0.5) is 37.4 Å². The molecule has 3 rings (SSSR count). The minimum atomic E-state index is -0.898. The minimum Gasteiger partial charge on any atom is -0.443 e. The predicted octanol–water partition coefficient (Wildman–Crippen LogP) is 5.67. The normalized spacial score (nSPS) is 13.3. The number of carbonyl (C=O) groups excluding carboxylic acids is 3. The minimum absolute atomic E-state index is 0.146. The summed E-state index contributed by atoms with van der Waals surface area (Å²) in [6, 6.07) is 9.13. The fourth-order valence-electron chi connectivity index (χ4n) is 3.97. The molecule has 3 amide bonds. The number of aromatic nitrogens is 2. The first kappa shape index (κ1) is 31.4. The zero-order valence-corrected chi connectivity index (χ0v) is 25.5. The fraction of sp³-hybridized carbons (Fsp3) is 0.552. The van der Waals surface area contributed by atoms with Crippen molar-refractivity contribution in [2.75, 3.05) is 35.2 Å². The Balaban J connectivity index is 1.88. The molecule has 0 aliphatic carbocycles. The van der Waals surface area contributed by atoms with Crippen LogP contribution >= 0.6 is 0 Å². The average molecular weight is 571 g/mol. The highest BCUT2D eigenvalue weighted by molar-refractivity contribution is 5.89. The zero-order valence-electron chi connectivity index (χ0n) is 25.5. The predicted molar refractivity (Wildman–Crippen MR) is 156 cm³/mol. The van der Waals surface area contributed by atoms with E-state index in [1.807, 2.05) is 23.1 Å². The monoisotopic (exact) mass is 570 g/mol. The maximum atomic E-state index is 13.3. The number of carbonyl (C=O) groups is 3. The van der Waals surface area contributed by atoms with Gasteiger partial charge in [0.05, 0.1) is 6.54 Å². The van der Waals surface area contributed by atoms with Crippen LogP contribution < -0.4 is 15.5 Å². The summed E-state index contributed by atoms with van der Waals surface area (Å²) in [5.41, 5.74) is 6.23. The van der Waals surface area contributed by atoms with Crippen molar-refractivity contribution in [2.24, 2.45) is 0 Å². The van der Waals surface area contributed by atoms with Crippen molar-refractivity contribution in [3.63, 3.8) is 0 Å². The summed E-state index contributed by atoms with van der Waals surface area (Å²) in [6.07, 6.45) is -1.69. The molecule has 0 saturated heterocycles. The summed E-state index contributed by atoms with van der Waals surface area (Å²) in [6.45, 7) is 15.7. The maximum Gasteiger partial charge on any atom is 0.419 e. The van der Waals surface area contributed by atoms with E-state index in [2.05, 4.69) is 10.2 Å². The van der Waals surface area contributed by atoms with Crippen molar-refractivity contribution in [3.8, 4) is 0 Å². The van der Waals surface area contributed by atoms with Gasteiger partial charge in [0.15, 0.2) is 11.6 Å². The highest BCUT2D eigenvalue weighted by atomic mass is 16.6. The summed E-state index contributed by atoms with van der Waals surface area (Å²) in [5.74, 6) is 0.790. The number of imide groups is 1. The Labute approximate surface area is 241 Å². The van der Waals surface area contributed by atoms with Crippen LogP contribution in [-0.2, 0) is 20.6 Å². The molecule has 0 fully saturated rings. The standard InChI is InChI=1S/C29H42N6O6/c1-27(2,3)39-24(36)34(16-17-35(25(37)40-28(4,5)6)26(38)41-29(7,8)9)23-13-12-22(31-32-23)33-15-14-19-18-20(30)10-11-21(19)33/h10-13,18H,14-17,30H2,1-9H3. The first-order valence-electron chi connectivity index (χ1n) is 13.6. The van der Waals surface area contributed by atoms with Crippen LogP contribution in [0.1, 0.15) is 67.9 Å².